The highest BCUT2D eigenvalue weighted by Crippen LogP contribution is 2.29. The molecule has 1 aromatic carbocycles. The quantitative estimate of drug-likeness (QED) is 0.676. The zero-order valence-electron chi connectivity index (χ0n) is 17.3. The number of aromatic nitrogens is 4. The number of rotatable bonds is 5. The molecular weight excluding hydrogens is 399 g/mol. The van der Waals surface area contributed by atoms with Gasteiger partial charge in [0.1, 0.15) is 11.9 Å². The summed E-state index contributed by atoms with van der Waals surface area (Å²) >= 11 is 0. The number of ether oxygens (including phenoxy) is 1. The standard InChI is InChI=1S/C22H23FN6O2/c1-22(2,15-5-3-6-16(23)11-15)20(30)29-9-10-31-18(14-29)17-12-24-13-19(27-17)28-21-25-7-4-8-26-21/h3-8,11-13,18H,9-10,14H2,1-2H3,(H,25,26,27,28). The number of nitrogens with one attached hydrogen (secondary N) is 1. The van der Waals surface area contributed by atoms with Gasteiger partial charge in [0.25, 0.3) is 0 Å². The van der Waals surface area contributed by atoms with Gasteiger partial charge in [0.15, 0.2) is 5.82 Å². The van der Waals surface area contributed by atoms with Gasteiger partial charge in [-0.15, -0.1) is 0 Å². The van der Waals surface area contributed by atoms with Gasteiger partial charge in [-0.1, -0.05) is 12.1 Å². The number of hydrogen-bond acceptors (Lipinski definition) is 7. The van der Waals surface area contributed by atoms with Crippen LogP contribution in [0.2, 0.25) is 0 Å². The number of halogens is 1. The molecule has 1 aliphatic heterocycles. The van der Waals surface area contributed by atoms with Gasteiger partial charge in [0.2, 0.25) is 11.9 Å². The van der Waals surface area contributed by atoms with Crippen molar-refractivity contribution in [1.82, 2.24) is 24.8 Å². The van der Waals surface area contributed by atoms with Crippen molar-refractivity contribution in [3.05, 3.63) is 72.2 Å². The Balaban J connectivity index is 1.49. The van der Waals surface area contributed by atoms with Crippen LogP contribution in [0.4, 0.5) is 16.2 Å². The van der Waals surface area contributed by atoms with Crippen molar-refractivity contribution in [2.45, 2.75) is 25.4 Å². The van der Waals surface area contributed by atoms with Crippen molar-refractivity contribution >= 4 is 17.7 Å². The molecule has 8 nitrogen and oxygen atoms in total. The molecule has 31 heavy (non-hydrogen) atoms. The number of carbonyl (C=O) groups is 1. The van der Waals surface area contributed by atoms with Crippen molar-refractivity contribution < 1.29 is 13.9 Å². The van der Waals surface area contributed by atoms with E-state index in [9.17, 15) is 9.18 Å². The Labute approximate surface area is 179 Å². The summed E-state index contributed by atoms with van der Waals surface area (Å²) < 4.78 is 19.6. The number of morpholine rings is 1. The molecule has 3 aromatic rings. The van der Waals surface area contributed by atoms with Crippen LogP contribution >= 0.6 is 0 Å². The molecule has 2 aromatic heterocycles. The molecule has 1 unspecified atom stereocenters. The number of carbonyl (C=O) groups excluding carboxylic acids is 1. The summed E-state index contributed by atoms with van der Waals surface area (Å²) in [5.41, 5.74) is 0.361. The lowest BCUT2D eigenvalue weighted by Crippen LogP contribution is -2.49. The summed E-state index contributed by atoms with van der Waals surface area (Å²) in [5.74, 6) is 0.439. The second-order valence-corrected chi connectivity index (χ2v) is 7.77. The van der Waals surface area contributed by atoms with E-state index >= 15 is 0 Å². The van der Waals surface area contributed by atoms with Crippen LogP contribution in [0.3, 0.4) is 0 Å². The highest BCUT2D eigenvalue weighted by atomic mass is 19.1. The largest absolute Gasteiger partial charge is 0.368 e. The second-order valence-electron chi connectivity index (χ2n) is 7.77. The predicted molar refractivity (Wildman–Crippen MR) is 112 cm³/mol. The van der Waals surface area contributed by atoms with Crippen LogP contribution < -0.4 is 5.32 Å². The van der Waals surface area contributed by atoms with Crippen LogP contribution in [0.25, 0.3) is 0 Å². The number of hydrogen-bond donors (Lipinski definition) is 1. The Kier molecular flexibility index (Phi) is 5.85. The molecule has 0 radical (unpaired) electrons. The van der Waals surface area contributed by atoms with Crippen molar-refractivity contribution in [1.29, 1.82) is 0 Å². The first-order valence-corrected chi connectivity index (χ1v) is 9.96. The monoisotopic (exact) mass is 422 g/mol. The summed E-state index contributed by atoms with van der Waals surface area (Å²) in [6, 6.07) is 7.88. The van der Waals surface area contributed by atoms with E-state index in [-0.39, 0.29) is 11.7 Å². The fraction of sp³-hybridized carbons (Fsp3) is 0.318. The first-order chi connectivity index (χ1) is 14.9. The Bertz CT molecular complexity index is 1060. The van der Waals surface area contributed by atoms with Gasteiger partial charge in [-0.25, -0.2) is 19.3 Å². The normalized spacial score (nSPS) is 16.7. The van der Waals surface area contributed by atoms with Crippen LogP contribution in [-0.2, 0) is 14.9 Å². The van der Waals surface area contributed by atoms with Crippen LogP contribution in [0.15, 0.2) is 55.1 Å². The maximum absolute atomic E-state index is 13.7. The maximum Gasteiger partial charge on any atom is 0.232 e. The molecule has 1 aliphatic rings. The highest BCUT2D eigenvalue weighted by Gasteiger charge is 2.37. The maximum atomic E-state index is 13.7. The van der Waals surface area contributed by atoms with Gasteiger partial charge < -0.3 is 15.0 Å². The Hall–Kier alpha value is -3.46. The van der Waals surface area contributed by atoms with Gasteiger partial charge in [0, 0.05) is 18.9 Å². The van der Waals surface area contributed by atoms with Gasteiger partial charge in [-0.05, 0) is 37.6 Å². The Morgan fingerprint density at radius 1 is 1.23 bits per heavy atom. The summed E-state index contributed by atoms with van der Waals surface area (Å²) in [6.45, 7) is 4.77. The fourth-order valence-corrected chi connectivity index (χ4v) is 3.48. The molecule has 0 bridgehead atoms. The van der Waals surface area contributed by atoms with E-state index in [0.717, 1.165) is 0 Å². The molecule has 0 saturated carbocycles. The zero-order valence-corrected chi connectivity index (χ0v) is 17.3. The van der Waals surface area contributed by atoms with E-state index in [1.165, 1.54) is 12.1 Å². The van der Waals surface area contributed by atoms with Crippen LogP contribution in [0.1, 0.15) is 31.2 Å². The molecule has 4 rings (SSSR count). The number of anilines is 2. The van der Waals surface area contributed by atoms with Gasteiger partial charge in [0.05, 0.1) is 36.7 Å². The molecule has 1 saturated heterocycles. The lowest BCUT2D eigenvalue weighted by atomic mass is 9.83. The fourth-order valence-electron chi connectivity index (χ4n) is 3.48. The third-order valence-corrected chi connectivity index (χ3v) is 5.22. The third kappa shape index (κ3) is 4.66. The van der Waals surface area contributed by atoms with E-state index in [4.69, 9.17) is 4.74 Å². The van der Waals surface area contributed by atoms with Crippen molar-refractivity contribution in [2.75, 3.05) is 25.0 Å². The van der Waals surface area contributed by atoms with Gasteiger partial charge in [-0.3, -0.25) is 9.78 Å². The van der Waals surface area contributed by atoms with Crippen LogP contribution in [0.5, 0.6) is 0 Å². The lowest BCUT2D eigenvalue weighted by molar-refractivity contribution is -0.144. The zero-order chi connectivity index (χ0) is 21.8. The molecule has 1 fully saturated rings. The van der Waals surface area contributed by atoms with Gasteiger partial charge >= 0.3 is 0 Å². The van der Waals surface area contributed by atoms with E-state index in [2.05, 4.69) is 25.3 Å². The molecule has 1 N–H and O–H groups in total. The molecule has 0 spiro atoms. The number of nitrogens with zero attached hydrogens (tertiary/aromatic N) is 5. The van der Waals surface area contributed by atoms with Crippen LogP contribution in [-0.4, -0.2) is 50.4 Å². The van der Waals surface area contributed by atoms with E-state index in [0.29, 0.717) is 42.7 Å². The molecule has 0 aliphatic carbocycles. The van der Waals surface area contributed by atoms with Crippen LogP contribution in [0, 0.1) is 5.82 Å². The average molecular weight is 422 g/mol. The SMILES string of the molecule is CC(C)(C(=O)N1CCOC(c2cncc(Nc3ncccn3)n2)C1)c1cccc(F)c1. The van der Waals surface area contributed by atoms with Crippen molar-refractivity contribution in [3.8, 4) is 0 Å². The minimum absolute atomic E-state index is 0.0914. The molecule has 9 heteroatoms. The lowest BCUT2D eigenvalue weighted by Gasteiger charge is -2.37. The van der Waals surface area contributed by atoms with Crippen molar-refractivity contribution in [3.63, 3.8) is 0 Å². The van der Waals surface area contributed by atoms with E-state index in [1.54, 1.807) is 61.7 Å². The Morgan fingerprint density at radius 3 is 2.81 bits per heavy atom. The minimum Gasteiger partial charge on any atom is -0.368 e. The molecular formula is C22H23FN6O2. The smallest absolute Gasteiger partial charge is 0.232 e. The Morgan fingerprint density at radius 2 is 2.03 bits per heavy atom. The summed E-state index contributed by atoms with van der Waals surface area (Å²) in [6.07, 6.45) is 6.01. The van der Waals surface area contributed by atoms with Gasteiger partial charge in [-0.2, -0.15) is 0 Å². The number of benzene rings is 1. The van der Waals surface area contributed by atoms with Crippen molar-refractivity contribution in [2.24, 2.45) is 0 Å². The van der Waals surface area contributed by atoms with E-state index < -0.39 is 11.5 Å². The summed E-state index contributed by atoms with van der Waals surface area (Å²) in [5, 5.41) is 3.00. The highest BCUT2D eigenvalue weighted by molar-refractivity contribution is 5.87. The minimum atomic E-state index is -0.871. The molecule has 160 valence electrons. The summed E-state index contributed by atoms with van der Waals surface area (Å²) in [4.78, 5) is 32.0. The molecule has 1 amide bonds. The molecule has 1 atom stereocenters. The van der Waals surface area contributed by atoms with E-state index in [1.807, 2.05) is 0 Å². The average Bonchev–Trinajstić information content (AvgIpc) is 2.79. The third-order valence-electron chi connectivity index (χ3n) is 5.22. The summed E-state index contributed by atoms with van der Waals surface area (Å²) in [7, 11) is 0. The number of amides is 1. The first-order valence-electron chi connectivity index (χ1n) is 9.96. The predicted octanol–water partition coefficient (Wildman–Crippen LogP) is 3.03. The topological polar surface area (TPSA) is 93.1 Å². The molecule has 3 heterocycles. The first kappa shape index (κ1) is 20.8. The second kappa shape index (κ2) is 8.73.